The lowest BCUT2D eigenvalue weighted by Crippen LogP contribution is -2.41. The highest BCUT2D eigenvalue weighted by molar-refractivity contribution is 9.10. The molecule has 0 saturated carbocycles. The first kappa shape index (κ1) is 17.5. The zero-order chi connectivity index (χ0) is 17.5. The van der Waals surface area contributed by atoms with E-state index < -0.39 is 24.3 Å². The monoisotopic (exact) mass is 391 g/mol. The number of carbonyl (C=O) groups excluding carboxylic acids is 3. The minimum Gasteiger partial charge on any atom is -0.548 e. The molecule has 0 fully saturated rings. The van der Waals surface area contributed by atoms with Crippen molar-refractivity contribution >= 4 is 39.8 Å². The Bertz CT molecular complexity index is 766. The maximum atomic E-state index is 12.1. The lowest BCUT2D eigenvalue weighted by molar-refractivity contribution is -0.303. The molecule has 7 nitrogen and oxygen atoms in total. The second-order valence-electron chi connectivity index (χ2n) is 4.60. The Labute approximate surface area is 145 Å². The summed E-state index contributed by atoms with van der Waals surface area (Å²) < 4.78 is 5.81. The van der Waals surface area contributed by atoms with Crippen LogP contribution in [0.15, 0.2) is 57.2 Å². The average Bonchev–Trinajstić information content (AvgIpc) is 3.08. The summed E-state index contributed by atoms with van der Waals surface area (Å²) in [4.78, 5) is 34.6. The van der Waals surface area contributed by atoms with Gasteiger partial charge >= 0.3 is 0 Å². The number of carbonyl (C=O) groups is 3. The molecular formula is C16H12BrN2O5-. The van der Waals surface area contributed by atoms with Crippen molar-refractivity contribution in [2.24, 2.45) is 0 Å². The van der Waals surface area contributed by atoms with Gasteiger partial charge in [-0.3, -0.25) is 9.59 Å². The van der Waals surface area contributed by atoms with Crippen molar-refractivity contribution in [3.63, 3.8) is 0 Å². The van der Waals surface area contributed by atoms with E-state index in [2.05, 4.69) is 26.6 Å². The molecule has 0 radical (unpaired) electrons. The molecule has 1 heterocycles. The quantitative estimate of drug-likeness (QED) is 0.703. The Balaban J connectivity index is 2.23. The molecule has 2 aromatic rings. The normalized spacial score (nSPS) is 11.0. The second-order valence-corrected chi connectivity index (χ2v) is 5.51. The van der Waals surface area contributed by atoms with Crippen molar-refractivity contribution in [3.05, 3.63) is 64.2 Å². The van der Waals surface area contributed by atoms with Crippen molar-refractivity contribution in [2.75, 3.05) is 6.54 Å². The molecule has 1 aromatic heterocycles. The minimum absolute atomic E-state index is 0.0180. The Morgan fingerprint density at radius 1 is 1.17 bits per heavy atom. The number of nitrogens with one attached hydrogen (secondary N) is 2. The van der Waals surface area contributed by atoms with Gasteiger partial charge in [0, 0.05) is 4.47 Å². The highest BCUT2D eigenvalue weighted by atomic mass is 79.9. The standard InChI is InChI=1S/C16H13BrN2O5/c17-11-5-3-10(4-6-11)8-12(15(22)18-9-14(20)21)19-16(23)13-2-1-7-24-13/h1-8H,9H2,(H,18,22)(H,19,23)(H,20,21)/p-1/b12-8-. The molecule has 0 atom stereocenters. The van der Waals surface area contributed by atoms with Crippen LogP contribution < -0.4 is 15.7 Å². The molecule has 0 unspecified atom stereocenters. The van der Waals surface area contributed by atoms with Crippen LogP contribution >= 0.6 is 15.9 Å². The molecule has 8 heteroatoms. The number of aliphatic carboxylic acids is 1. The molecule has 0 aliphatic heterocycles. The number of hydrogen-bond donors (Lipinski definition) is 2. The summed E-state index contributed by atoms with van der Waals surface area (Å²) in [6.45, 7) is -0.673. The first-order valence-electron chi connectivity index (χ1n) is 6.76. The van der Waals surface area contributed by atoms with Gasteiger partial charge in [0.25, 0.3) is 11.8 Å². The highest BCUT2D eigenvalue weighted by Crippen LogP contribution is 2.13. The van der Waals surface area contributed by atoms with Crippen LogP contribution in [0, 0.1) is 0 Å². The third-order valence-corrected chi connectivity index (χ3v) is 3.34. The number of rotatable bonds is 6. The fourth-order valence-corrected chi connectivity index (χ4v) is 1.99. The van der Waals surface area contributed by atoms with Crippen LogP contribution in [-0.2, 0) is 9.59 Å². The topological polar surface area (TPSA) is 111 Å². The molecular weight excluding hydrogens is 380 g/mol. The number of carboxylic acids is 1. The Kier molecular flexibility index (Phi) is 5.91. The van der Waals surface area contributed by atoms with Gasteiger partial charge in [-0.25, -0.2) is 0 Å². The summed E-state index contributed by atoms with van der Waals surface area (Å²) >= 11 is 3.29. The van der Waals surface area contributed by atoms with Gasteiger partial charge in [-0.05, 0) is 35.9 Å². The Hall–Kier alpha value is -2.87. The molecule has 0 aliphatic rings. The molecule has 0 bridgehead atoms. The maximum Gasteiger partial charge on any atom is 0.291 e. The first-order chi connectivity index (χ1) is 11.5. The molecule has 2 N–H and O–H groups in total. The molecule has 0 aliphatic carbocycles. The lowest BCUT2D eigenvalue weighted by Gasteiger charge is -2.10. The fourth-order valence-electron chi connectivity index (χ4n) is 1.72. The van der Waals surface area contributed by atoms with Crippen LogP contribution in [0.25, 0.3) is 6.08 Å². The third kappa shape index (κ3) is 5.10. The van der Waals surface area contributed by atoms with Gasteiger partial charge < -0.3 is 25.0 Å². The maximum absolute atomic E-state index is 12.1. The van der Waals surface area contributed by atoms with Crippen molar-refractivity contribution in [1.29, 1.82) is 0 Å². The molecule has 0 saturated heterocycles. The number of benzene rings is 1. The predicted octanol–water partition coefficient (Wildman–Crippen LogP) is 0.679. The highest BCUT2D eigenvalue weighted by Gasteiger charge is 2.16. The Morgan fingerprint density at radius 2 is 1.88 bits per heavy atom. The summed E-state index contributed by atoms with van der Waals surface area (Å²) in [5, 5.41) is 15.0. The second kappa shape index (κ2) is 8.11. The largest absolute Gasteiger partial charge is 0.548 e. The van der Waals surface area contributed by atoms with Crippen LogP contribution in [0.5, 0.6) is 0 Å². The van der Waals surface area contributed by atoms with E-state index in [1.54, 1.807) is 24.3 Å². The Morgan fingerprint density at radius 3 is 2.46 bits per heavy atom. The summed E-state index contributed by atoms with van der Waals surface area (Å²) in [7, 11) is 0. The zero-order valence-corrected chi connectivity index (χ0v) is 13.8. The number of carboxylic acid groups (broad SMARTS) is 1. The summed E-state index contributed by atoms with van der Waals surface area (Å²) in [5.41, 5.74) is 0.511. The van der Waals surface area contributed by atoms with Gasteiger partial charge in [-0.1, -0.05) is 28.1 Å². The van der Waals surface area contributed by atoms with E-state index in [9.17, 15) is 19.5 Å². The molecule has 2 rings (SSSR count). The first-order valence-corrected chi connectivity index (χ1v) is 7.55. The van der Waals surface area contributed by atoms with E-state index in [0.717, 1.165) is 4.47 Å². The van der Waals surface area contributed by atoms with Gasteiger partial charge in [0.05, 0.1) is 18.8 Å². The van der Waals surface area contributed by atoms with E-state index in [1.807, 2.05) is 0 Å². The third-order valence-electron chi connectivity index (χ3n) is 2.81. The lowest BCUT2D eigenvalue weighted by atomic mass is 10.2. The van der Waals surface area contributed by atoms with Gasteiger partial charge in [0.2, 0.25) is 0 Å². The van der Waals surface area contributed by atoms with Crippen LogP contribution in [-0.4, -0.2) is 24.3 Å². The van der Waals surface area contributed by atoms with Gasteiger partial charge in [-0.2, -0.15) is 0 Å². The SMILES string of the molecule is O=C([O-])CNC(=O)/C(=C/c1ccc(Br)cc1)NC(=O)c1ccco1. The number of furan rings is 1. The van der Waals surface area contributed by atoms with Crippen molar-refractivity contribution < 1.29 is 23.9 Å². The van der Waals surface area contributed by atoms with Crippen LogP contribution in [0.1, 0.15) is 16.1 Å². The number of amides is 2. The average molecular weight is 392 g/mol. The van der Waals surface area contributed by atoms with E-state index >= 15 is 0 Å². The summed E-state index contributed by atoms with van der Waals surface area (Å²) in [6.07, 6.45) is 2.74. The van der Waals surface area contributed by atoms with Crippen LogP contribution in [0.2, 0.25) is 0 Å². The van der Waals surface area contributed by atoms with E-state index in [1.165, 1.54) is 24.5 Å². The summed E-state index contributed by atoms with van der Waals surface area (Å²) in [5.74, 6) is -2.82. The van der Waals surface area contributed by atoms with E-state index in [0.29, 0.717) is 5.56 Å². The molecule has 0 spiro atoms. The van der Waals surface area contributed by atoms with Gasteiger partial charge in [-0.15, -0.1) is 0 Å². The minimum atomic E-state index is -1.44. The smallest absolute Gasteiger partial charge is 0.291 e. The van der Waals surface area contributed by atoms with Crippen molar-refractivity contribution in [2.45, 2.75) is 0 Å². The van der Waals surface area contributed by atoms with Crippen molar-refractivity contribution in [1.82, 2.24) is 10.6 Å². The van der Waals surface area contributed by atoms with Crippen LogP contribution in [0.4, 0.5) is 0 Å². The van der Waals surface area contributed by atoms with E-state index in [-0.39, 0.29) is 11.5 Å². The zero-order valence-electron chi connectivity index (χ0n) is 12.2. The van der Waals surface area contributed by atoms with Crippen LogP contribution in [0.3, 0.4) is 0 Å². The van der Waals surface area contributed by atoms with Gasteiger partial charge in [0.15, 0.2) is 5.76 Å². The summed E-state index contributed by atoms with van der Waals surface area (Å²) in [6, 6.07) is 9.92. The predicted molar refractivity (Wildman–Crippen MR) is 86.3 cm³/mol. The molecule has 1 aromatic carbocycles. The van der Waals surface area contributed by atoms with Gasteiger partial charge in [0.1, 0.15) is 5.70 Å². The number of hydrogen-bond acceptors (Lipinski definition) is 5. The fraction of sp³-hybridized carbons (Fsp3) is 0.0625. The molecule has 124 valence electrons. The molecule has 2 amide bonds. The van der Waals surface area contributed by atoms with E-state index in [4.69, 9.17) is 4.42 Å². The van der Waals surface area contributed by atoms with Crippen molar-refractivity contribution in [3.8, 4) is 0 Å². The number of halogens is 1. The molecule has 24 heavy (non-hydrogen) atoms.